The Kier molecular flexibility index (Phi) is 14.5. The van der Waals surface area contributed by atoms with Crippen LogP contribution in [0.1, 0.15) is 95.2 Å². The van der Waals surface area contributed by atoms with Gasteiger partial charge < -0.3 is 34.6 Å². The number of hydrogen-bond acceptors (Lipinski definition) is 10. The van der Waals surface area contributed by atoms with Gasteiger partial charge >= 0.3 is 0 Å². The number of allylic oxidation sites excluding steroid dienone is 1. The van der Waals surface area contributed by atoms with Crippen molar-refractivity contribution >= 4 is 27.3 Å². The van der Waals surface area contributed by atoms with Crippen molar-refractivity contribution in [3.05, 3.63) is 102 Å². The first-order valence-electron chi connectivity index (χ1n) is 21.4. The lowest BCUT2D eigenvalue weighted by Gasteiger charge is -2.59. The van der Waals surface area contributed by atoms with E-state index in [1.807, 2.05) is 57.2 Å². The van der Waals surface area contributed by atoms with Crippen LogP contribution in [0.2, 0.25) is 0 Å². The van der Waals surface area contributed by atoms with Crippen LogP contribution in [0.4, 0.5) is 5.69 Å². The first-order valence-corrected chi connectivity index (χ1v) is 22.8. The number of oxime groups is 1. The molecule has 0 bridgehead atoms. The van der Waals surface area contributed by atoms with Gasteiger partial charge in [-0.15, -0.1) is 6.58 Å². The zero-order valence-electron chi connectivity index (χ0n) is 36.6. The number of anilines is 1. The molecule has 3 aromatic rings. The minimum Gasteiger partial charge on any atom is -0.460 e. The van der Waals surface area contributed by atoms with Crippen molar-refractivity contribution in [1.82, 2.24) is 4.31 Å². The van der Waals surface area contributed by atoms with Crippen molar-refractivity contribution in [3.63, 3.8) is 0 Å². The Morgan fingerprint density at radius 1 is 0.984 bits per heavy atom. The molecule has 0 spiro atoms. The van der Waals surface area contributed by atoms with Crippen molar-refractivity contribution in [2.24, 2.45) is 22.9 Å². The smallest absolute Gasteiger partial charge is 0.243 e. The number of benzene rings is 3. The van der Waals surface area contributed by atoms with E-state index in [4.69, 9.17) is 24.2 Å². The van der Waals surface area contributed by atoms with Crippen LogP contribution in [-0.4, -0.2) is 78.9 Å². The van der Waals surface area contributed by atoms with Gasteiger partial charge in [0.05, 0.1) is 29.2 Å². The number of aliphatic hydroxyl groups is 2. The fraction of sp³-hybridized carbons (Fsp3) is 0.500. The molecule has 1 saturated carbocycles. The highest BCUT2D eigenvalue weighted by atomic mass is 32.2. The van der Waals surface area contributed by atoms with Crippen LogP contribution < -0.4 is 14.8 Å². The molecule has 61 heavy (non-hydrogen) atoms. The molecule has 13 heteroatoms. The van der Waals surface area contributed by atoms with E-state index in [1.54, 1.807) is 25.3 Å². The summed E-state index contributed by atoms with van der Waals surface area (Å²) in [6.07, 6.45) is 8.42. The second-order valence-electron chi connectivity index (χ2n) is 17.6. The highest BCUT2D eigenvalue weighted by Gasteiger charge is 2.65. The number of nitrogens with one attached hydrogen (secondary N) is 1. The van der Waals surface area contributed by atoms with Gasteiger partial charge in [0.15, 0.2) is 0 Å². The predicted octanol–water partition coefficient (Wildman–Crippen LogP) is 8.81. The van der Waals surface area contributed by atoms with Gasteiger partial charge in [-0.3, -0.25) is 4.79 Å². The summed E-state index contributed by atoms with van der Waals surface area (Å²) in [4.78, 5) is 18.0. The Morgan fingerprint density at radius 3 is 2.30 bits per heavy atom. The number of likely N-dealkylation sites (N-methyl/N-ethyl adjacent to an activating group) is 1. The SMILES string of the molecule is C=CCO[C@@]12Oc3ccc(Oc4ccc(C)c(C)c4)cc3[C@H]3[C@H](CCCCO)[C@@H](CCCCO)C=C(C(=NOC(C)(C)C)C[C@@H]1N(C)S(=O)(=O)c1ccc(NC(C)=O)cc1)[C@H]32. The molecular formula is C48H63N3O9S. The van der Waals surface area contributed by atoms with Crippen LogP contribution in [0.15, 0.2) is 95.0 Å². The largest absolute Gasteiger partial charge is 0.460 e. The average Bonchev–Trinajstić information content (AvgIpc) is 3.21. The van der Waals surface area contributed by atoms with Crippen LogP contribution in [0.3, 0.4) is 0 Å². The van der Waals surface area contributed by atoms with Gasteiger partial charge in [0.25, 0.3) is 0 Å². The molecule has 6 atom stereocenters. The molecule has 2 aliphatic carbocycles. The summed E-state index contributed by atoms with van der Waals surface area (Å²) in [5.74, 6) is -0.776. The van der Waals surface area contributed by atoms with E-state index in [0.717, 1.165) is 47.9 Å². The molecule has 3 N–H and O–H groups in total. The topological polar surface area (TPSA) is 156 Å². The first kappa shape index (κ1) is 46.0. The Bertz CT molecular complexity index is 2220. The minimum atomic E-state index is -4.22. The van der Waals surface area contributed by atoms with Crippen molar-refractivity contribution in [3.8, 4) is 17.2 Å². The number of carbonyl (C=O) groups excluding carboxylic acids is 1. The van der Waals surface area contributed by atoms with Crippen molar-refractivity contribution in [2.75, 3.05) is 32.2 Å². The van der Waals surface area contributed by atoms with Gasteiger partial charge in [0.1, 0.15) is 22.8 Å². The van der Waals surface area contributed by atoms with Crippen LogP contribution in [0.25, 0.3) is 0 Å². The molecule has 0 aromatic heterocycles. The van der Waals surface area contributed by atoms with E-state index in [0.29, 0.717) is 41.5 Å². The van der Waals surface area contributed by atoms with Gasteiger partial charge in [-0.05, 0) is 143 Å². The van der Waals surface area contributed by atoms with Crippen molar-refractivity contribution in [1.29, 1.82) is 0 Å². The number of unbranched alkanes of at least 4 members (excludes halogenated alkanes) is 2. The monoisotopic (exact) mass is 857 g/mol. The molecule has 1 fully saturated rings. The number of fused-ring (bicyclic) bond motifs is 2. The fourth-order valence-electron chi connectivity index (χ4n) is 9.12. The number of aryl methyl sites for hydroxylation is 2. The summed E-state index contributed by atoms with van der Waals surface area (Å²) in [5, 5.41) is 27.4. The van der Waals surface area contributed by atoms with E-state index in [-0.39, 0.29) is 54.8 Å². The second kappa shape index (κ2) is 19.2. The average molecular weight is 858 g/mol. The maximum atomic E-state index is 14.8. The minimum absolute atomic E-state index is 0.00279. The quantitative estimate of drug-likeness (QED) is 0.0647. The van der Waals surface area contributed by atoms with Gasteiger partial charge in [-0.1, -0.05) is 36.2 Å². The van der Waals surface area contributed by atoms with Gasteiger partial charge in [0, 0.05) is 50.8 Å². The van der Waals surface area contributed by atoms with E-state index >= 15 is 0 Å². The van der Waals surface area contributed by atoms with Gasteiger partial charge in [-0.25, -0.2) is 8.42 Å². The van der Waals surface area contributed by atoms with Crippen LogP contribution in [-0.2, 0) is 24.4 Å². The van der Waals surface area contributed by atoms with E-state index < -0.39 is 33.4 Å². The summed E-state index contributed by atoms with van der Waals surface area (Å²) >= 11 is 0. The maximum Gasteiger partial charge on any atom is 0.243 e. The Morgan fingerprint density at radius 2 is 1.66 bits per heavy atom. The number of rotatable bonds is 18. The number of hydrogen-bond donors (Lipinski definition) is 3. The summed E-state index contributed by atoms with van der Waals surface area (Å²) in [7, 11) is -2.68. The summed E-state index contributed by atoms with van der Waals surface area (Å²) in [5.41, 5.74) is 4.48. The Hall–Kier alpha value is -4.53. The number of sulfonamides is 1. The number of carbonyl (C=O) groups is 1. The second-order valence-corrected chi connectivity index (χ2v) is 19.5. The van der Waals surface area contributed by atoms with Crippen molar-refractivity contribution < 1.29 is 42.5 Å². The Labute approximate surface area is 361 Å². The third kappa shape index (κ3) is 10.1. The third-order valence-electron chi connectivity index (χ3n) is 12.1. The van der Waals surface area contributed by atoms with Gasteiger partial charge in [-0.2, -0.15) is 4.31 Å². The fourth-order valence-corrected chi connectivity index (χ4v) is 10.5. The lowest BCUT2D eigenvalue weighted by molar-refractivity contribution is -0.250. The Balaban J connectivity index is 1.59. The highest BCUT2D eigenvalue weighted by molar-refractivity contribution is 7.89. The molecule has 3 aliphatic rings. The highest BCUT2D eigenvalue weighted by Crippen LogP contribution is 2.62. The zero-order valence-corrected chi connectivity index (χ0v) is 37.5. The van der Waals surface area contributed by atoms with E-state index in [9.17, 15) is 23.4 Å². The number of aliphatic hydroxyl groups excluding tert-OH is 2. The molecule has 1 amide bonds. The molecular weight excluding hydrogens is 795 g/mol. The molecule has 3 aromatic carbocycles. The first-order chi connectivity index (χ1) is 29.0. The number of nitrogens with zero attached hydrogens (tertiary/aromatic N) is 2. The third-order valence-corrected chi connectivity index (χ3v) is 14.0. The van der Waals surface area contributed by atoms with Crippen LogP contribution in [0, 0.1) is 31.6 Å². The van der Waals surface area contributed by atoms with E-state index in [1.165, 1.54) is 23.4 Å². The summed E-state index contributed by atoms with van der Waals surface area (Å²) < 4.78 is 51.7. The van der Waals surface area contributed by atoms with Crippen LogP contribution >= 0.6 is 0 Å². The molecule has 0 saturated heterocycles. The molecule has 1 heterocycles. The normalized spacial score (nSPS) is 24.0. The molecule has 1 aliphatic heterocycles. The zero-order chi connectivity index (χ0) is 44.1. The van der Waals surface area contributed by atoms with E-state index in [2.05, 4.69) is 31.8 Å². The summed E-state index contributed by atoms with van der Waals surface area (Å²) in [6.45, 7) is 15.5. The lowest BCUT2D eigenvalue weighted by Crippen LogP contribution is -2.69. The number of amides is 1. The summed E-state index contributed by atoms with van der Waals surface area (Å²) in [6, 6.07) is 16.9. The molecule has 6 rings (SSSR count). The maximum absolute atomic E-state index is 14.8. The van der Waals surface area contributed by atoms with Crippen molar-refractivity contribution in [2.45, 2.75) is 115 Å². The lowest BCUT2D eigenvalue weighted by atomic mass is 9.55. The van der Waals surface area contributed by atoms with Gasteiger partial charge in [0.2, 0.25) is 21.7 Å². The molecule has 0 unspecified atom stereocenters. The molecule has 330 valence electrons. The standard InChI is InChI=1S/C48H63N3O9S/c1-9-26-57-48-44(51(8)61(55,56)38-21-17-35(18-22-38)49-33(4)54)30-42(50-60-47(5,6)7)40-28-34(14-10-12-24-52)39(15-11-13-25-53)45(46(40)48)41-29-37(20-23-43(41)59-48)58-36-19-16-31(2)32(3)27-36/h9,16-23,27-29,34,39,44-46,52-53H,1,10-15,24-26,30H2,2-8H3,(H,49,54)/t34-,39+,44-,45+,46+,48+/m0/s1. The predicted molar refractivity (Wildman–Crippen MR) is 237 cm³/mol. The molecule has 0 radical (unpaired) electrons. The number of ether oxygens (including phenoxy) is 3. The van der Waals surface area contributed by atoms with Crippen LogP contribution in [0.5, 0.6) is 17.2 Å². The molecule has 12 nitrogen and oxygen atoms in total.